The van der Waals surface area contributed by atoms with E-state index in [1.807, 2.05) is 23.0 Å². The molecule has 0 fully saturated rings. The topological polar surface area (TPSA) is 29.6 Å². The monoisotopic (exact) mass is 399 g/mol. The van der Waals surface area contributed by atoms with E-state index in [0.29, 0.717) is 0 Å². The molecule has 0 aliphatic heterocycles. The van der Waals surface area contributed by atoms with Crippen LogP contribution in [0.2, 0.25) is 0 Å². The molecule has 1 aromatic heterocycles. The van der Waals surface area contributed by atoms with E-state index in [4.69, 9.17) is 5.10 Å². The zero-order valence-electron chi connectivity index (χ0n) is 13.8. The average Bonchev–Trinajstić information content (AvgIpc) is 2.98. The van der Waals surface area contributed by atoms with Crippen molar-refractivity contribution in [3.05, 3.63) is 73.8 Å². The first kappa shape index (κ1) is 16.9. The van der Waals surface area contributed by atoms with E-state index < -0.39 is 0 Å². The summed E-state index contributed by atoms with van der Waals surface area (Å²) in [6.45, 7) is 4.19. The molecule has 0 N–H and O–H groups in total. The summed E-state index contributed by atoms with van der Waals surface area (Å²) in [5.74, 6) is 0. The van der Waals surface area contributed by atoms with Crippen molar-refractivity contribution in [3.8, 4) is 11.3 Å². The van der Waals surface area contributed by atoms with Crippen LogP contribution in [0.1, 0.15) is 16.7 Å². The number of hydrogen-bond acceptors (Lipinski definition) is 3. The molecule has 1 heterocycles. The first-order valence-corrected chi connectivity index (χ1v) is 9.26. The van der Waals surface area contributed by atoms with E-state index in [2.05, 4.69) is 70.5 Å². The summed E-state index contributed by atoms with van der Waals surface area (Å²) in [7, 11) is 1.79. The second kappa shape index (κ2) is 7.28. The zero-order chi connectivity index (χ0) is 17.1. The molecule has 0 saturated heterocycles. The van der Waals surface area contributed by atoms with Crippen molar-refractivity contribution in [3.63, 3.8) is 0 Å². The van der Waals surface area contributed by atoms with Gasteiger partial charge in [-0.25, -0.2) is 4.68 Å². The standard InChI is InChI=1S/C19H18BrN3S/c1-13-7-8-14(2)16(9-13)11-22-23-18(12-24-19(23)21-3)15-5-4-6-17(20)10-15/h4-12H,1-3H3. The fourth-order valence-electron chi connectivity index (χ4n) is 2.43. The molecule has 0 aliphatic carbocycles. The van der Waals surface area contributed by atoms with Crippen LogP contribution in [0, 0.1) is 13.8 Å². The van der Waals surface area contributed by atoms with Crippen molar-refractivity contribution in [1.29, 1.82) is 0 Å². The van der Waals surface area contributed by atoms with Crippen LogP contribution >= 0.6 is 27.3 Å². The lowest BCUT2D eigenvalue weighted by molar-refractivity contribution is 0.848. The largest absolute Gasteiger partial charge is 0.261 e. The van der Waals surface area contributed by atoms with Crippen molar-refractivity contribution in [1.82, 2.24) is 4.68 Å². The average molecular weight is 400 g/mol. The molecule has 0 unspecified atom stereocenters. The number of aryl methyl sites for hydroxylation is 2. The highest BCUT2D eigenvalue weighted by atomic mass is 79.9. The molecule has 5 heteroatoms. The minimum absolute atomic E-state index is 0.867. The number of nitrogens with zero attached hydrogens (tertiary/aromatic N) is 3. The van der Waals surface area contributed by atoms with Crippen LogP contribution in [0.25, 0.3) is 11.3 Å². The van der Waals surface area contributed by atoms with Gasteiger partial charge in [0.15, 0.2) is 0 Å². The predicted molar refractivity (Wildman–Crippen MR) is 106 cm³/mol. The van der Waals surface area contributed by atoms with Crippen molar-refractivity contribution >= 4 is 33.5 Å². The van der Waals surface area contributed by atoms with E-state index in [0.717, 1.165) is 26.1 Å². The van der Waals surface area contributed by atoms with Gasteiger partial charge in [0.25, 0.3) is 0 Å². The summed E-state index contributed by atoms with van der Waals surface area (Å²) in [6, 6.07) is 14.6. The van der Waals surface area contributed by atoms with Gasteiger partial charge in [-0.3, -0.25) is 4.99 Å². The van der Waals surface area contributed by atoms with Gasteiger partial charge in [0.2, 0.25) is 4.80 Å². The zero-order valence-corrected chi connectivity index (χ0v) is 16.2. The molecule has 0 atom stereocenters. The summed E-state index contributed by atoms with van der Waals surface area (Å²) in [6.07, 6.45) is 1.91. The Morgan fingerprint density at radius 1 is 1.12 bits per heavy atom. The Labute approximate surface area is 154 Å². The normalized spacial score (nSPS) is 12.2. The van der Waals surface area contributed by atoms with Gasteiger partial charge in [0.05, 0.1) is 11.9 Å². The van der Waals surface area contributed by atoms with E-state index in [1.54, 1.807) is 18.4 Å². The van der Waals surface area contributed by atoms with Crippen LogP contribution in [-0.4, -0.2) is 17.9 Å². The summed E-state index contributed by atoms with van der Waals surface area (Å²) < 4.78 is 2.94. The van der Waals surface area contributed by atoms with Crippen molar-refractivity contribution in [2.75, 3.05) is 7.05 Å². The van der Waals surface area contributed by atoms with Gasteiger partial charge in [-0.05, 0) is 37.1 Å². The Kier molecular flexibility index (Phi) is 5.11. The van der Waals surface area contributed by atoms with E-state index in [-0.39, 0.29) is 0 Å². The molecule has 3 aromatic rings. The fraction of sp³-hybridized carbons (Fsp3) is 0.158. The van der Waals surface area contributed by atoms with Crippen LogP contribution in [-0.2, 0) is 0 Å². The smallest absolute Gasteiger partial charge is 0.205 e. The molecule has 0 saturated carbocycles. The van der Waals surface area contributed by atoms with Crippen LogP contribution in [0.5, 0.6) is 0 Å². The first-order valence-electron chi connectivity index (χ1n) is 7.59. The lowest BCUT2D eigenvalue weighted by Crippen LogP contribution is -2.11. The third-order valence-corrected chi connectivity index (χ3v) is 5.14. The second-order valence-corrected chi connectivity index (χ2v) is 7.31. The highest BCUT2D eigenvalue weighted by Gasteiger charge is 2.07. The van der Waals surface area contributed by atoms with Crippen molar-refractivity contribution < 1.29 is 0 Å². The first-order chi connectivity index (χ1) is 11.6. The lowest BCUT2D eigenvalue weighted by Gasteiger charge is -2.05. The number of thiazole rings is 1. The van der Waals surface area contributed by atoms with E-state index in [9.17, 15) is 0 Å². The molecule has 3 rings (SSSR count). The number of halogens is 1. The third-order valence-electron chi connectivity index (χ3n) is 3.74. The minimum Gasteiger partial charge on any atom is -0.261 e. The van der Waals surface area contributed by atoms with Gasteiger partial charge in [-0.2, -0.15) is 5.10 Å². The number of hydrogen-bond donors (Lipinski definition) is 0. The van der Waals surface area contributed by atoms with Crippen LogP contribution in [0.3, 0.4) is 0 Å². The molecule has 24 heavy (non-hydrogen) atoms. The van der Waals surface area contributed by atoms with E-state index in [1.165, 1.54) is 11.1 Å². The molecule has 0 spiro atoms. The number of aromatic nitrogens is 1. The second-order valence-electron chi connectivity index (χ2n) is 5.55. The summed E-state index contributed by atoms with van der Waals surface area (Å²) >= 11 is 5.12. The van der Waals surface area contributed by atoms with Crippen molar-refractivity contribution in [2.45, 2.75) is 13.8 Å². The molecule has 122 valence electrons. The quantitative estimate of drug-likeness (QED) is 0.554. The SMILES string of the molecule is CN=c1scc(-c2cccc(Br)c2)n1N=Cc1cc(C)ccc1C. The third kappa shape index (κ3) is 3.57. The highest BCUT2D eigenvalue weighted by Crippen LogP contribution is 2.23. The Bertz CT molecular complexity index is 967. The lowest BCUT2D eigenvalue weighted by atomic mass is 10.1. The Morgan fingerprint density at radius 2 is 1.96 bits per heavy atom. The molecular weight excluding hydrogens is 382 g/mol. The van der Waals surface area contributed by atoms with Gasteiger partial charge in [0, 0.05) is 22.5 Å². The summed E-state index contributed by atoms with van der Waals surface area (Å²) in [5, 5.41) is 6.80. The Morgan fingerprint density at radius 3 is 2.71 bits per heavy atom. The summed E-state index contributed by atoms with van der Waals surface area (Å²) in [5.41, 5.74) is 5.69. The molecule has 3 nitrogen and oxygen atoms in total. The molecule has 0 radical (unpaired) electrons. The van der Waals surface area contributed by atoms with Crippen LogP contribution < -0.4 is 4.80 Å². The van der Waals surface area contributed by atoms with Gasteiger partial charge >= 0.3 is 0 Å². The molecule has 0 amide bonds. The number of rotatable bonds is 3. The maximum Gasteiger partial charge on any atom is 0.205 e. The summed E-state index contributed by atoms with van der Waals surface area (Å²) in [4.78, 5) is 5.21. The highest BCUT2D eigenvalue weighted by molar-refractivity contribution is 9.10. The number of benzene rings is 2. The van der Waals surface area contributed by atoms with Crippen LogP contribution in [0.4, 0.5) is 0 Å². The van der Waals surface area contributed by atoms with Gasteiger partial charge < -0.3 is 0 Å². The van der Waals surface area contributed by atoms with Gasteiger partial charge in [-0.1, -0.05) is 51.8 Å². The minimum atomic E-state index is 0.867. The molecule has 2 aromatic carbocycles. The van der Waals surface area contributed by atoms with Gasteiger partial charge in [-0.15, -0.1) is 11.3 Å². The molecular formula is C19H18BrN3S. The molecule has 0 bridgehead atoms. The van der Waals surface area contributed by atoms with Crippen molar-refractivity contribution in [2.24, 2.45) is 10.1 Å². The van der Waals surface area contributed by atoms with Gasteiger partial charge in [0.1, 0.15) is 0 Å². The molecule has 0 aliphatic rings. The Hall–Kier alpha value is -1.98. The van der Waals surface area contributed by atoms with E-state index >= 15 is 0 Å². The van der Waals surface area contributed by atoms with Crippen LogP contribution in [0.15, 0.2) is 62.4 Å². The maximum atomic E-state index is 4.71. The predicted octanol–water partition coefficient (Wildman–Crippen LogP) is 5.01. The Balaban J connectivity index is 2.09. The fourth-order valence-corrected chi connectivity index (χ4v) is 3.63. The maximum absolute atomic E-state index is 4.71.